The van der Waals surface area contributed by atoms with E-state index in [0.29, 0.717) is 12.0 Å². The third-order valence-corrected chi connectivity index (χ3v) is 3.62. The van der Waals surface area contributed by atoms with Gasteiger partial charge in [0.2, 0.25) is 0 Å². The van der Waals surface area contributed by atoms with Crippen molar-refractivity contribution in [3.63, 3.8) is 0 Å². The lowest BCUT2D eigenvalue weighted by Gasteiger charge is -2.37. The van der Waals surface area contributed by atoms with Crippen LogP contribution in [0.5, 0.6) is 11.5 Å². The lowest BCUT2D eigenvalue weighted by Crippen LogP contribution is -2.46. The first-order valence-electron chi connectivity index (χ1n) is 5.92. The average molecular weight is 219 g/mol. The fourth-order valence-corrected chi connectivity index (χ4v) is 2.75. The fourth-order valence-electron chi connectivity index (χ4n) is 2.75. The van der Waals surface area contributed by atoms with Crippen LogP contribution in [0.1, 0.15) is 24.3 Å². The normalized spacial score (nSPS) is 27.6. The monoisotopic (exact) mass is 219 g/mol. The van der Waals surface area contributed by atoms with Crippen molar-refractivity contribution < 1.29 is 9.47 Å². The van der Waals surface area contributed by atoms with Gasteiger partial charge < -0.3 is 14.8 Å². The van der Waals surface area contributed by atoms with E-state index >= 15 is 0 Å². The van der Waals surface area contributed by atoms with Crippen LogP contribution in [-0.2, 0) is 0 Å². The topological polar surface area (TPSA) is 30.5 Å². The molecule has 86 valence electrons. The summed E-state index contributed by atoms with van der Waals surface area (Å²) in [6, 6.07) is 6.60. The number of hydrogen-bond donors (Lipinski definition) is 1. The first-order chi connectivity index (χ1) is 7.88. The highest BCUT2D eigenvalue weighted by Gasteiger charge is 2.32. The molecule has 1 saturated heterocycles. The Hall–Kier alpha value is -1.22. The van der Waals surface area contributed by atoms with Crippen molar-refractivity contribution in [1.82, 2.24) is 5.32 Å². The second kappa shape index (κ2) is 3.98. The van der Waals surface area contributed by atoms with Gasteiger partial charge in [-0.3, -0.25) is 0 Å². The van der Waals surface area contributed by atoms with Gasteiger partial charge in [-0.1, -0.05) is 0 Å². The second-order valence-electron chi connectivity index (χ2n) is 4.52. The van der Waals surface area contributed by atoms with E-state index in [1.807, 2.05) is 12.1 Å². The molecular formula is C13H17NO2. The molecule has 16 heavy (non-hydrogen) atoms. The Balaban J connectivity index is 1.98. The van der Waals surface area contributed by atoms with Crippen molar-refractivity contribution in [1.29, 1.82) is 0 Å². The lowest BCUT2D eigenvalue weighted by molar-refractivity contribution is 0.189. The maximum Gasteiger partial charge on any atom is 0.123 e. The SMILES string of the molecule is COc1ccc2c(c1)[C@@H]1CCCN[C@@H]1CO2. The van der Waals surface area contributed by atoms with Gasteiger partial charge in [0.25, 0.3) is 0 Å². The quantitative estimate of drug-likeness (QED) is 0.782. The second-order valence-corrected chi connectivity index (χ2v) is 4.52. The van der Waals surface area contributed by atoms with Gasteiger partial charge in [0.05, 0.1) is 7.11 Å². The number of nitrogens with one attached hydrogen (secondary N) is 1. The van der Waals surface area contributed by atoms with Gasteiger partial charge in [0.15, 0.2) is 0 Å². The van der Waals surface area contributed by atoms with Crippen LogP contribution in [0.3, 0.4) is 0 Å². The summed E-state index contributed by atoms with van der Waals surface area (Å²) in [4.78, 5) is 0. The molecule has 0 aliphatic carbocycles. The molecule has 1 N–H and O–H groups in total. The molecule has 0 bridgehead atoms. The molecule has 1 fully saturated rings. The van der Waals surface area contributed by atoms with E-state index in [1.165, 1.54) is 18.4 Å². The summed E-state index contributed by atoms with van der Waals surface area (Å²) in [5, 5.41) is 3.53. The molecule has 2 aliphatic heterocycles. The minimum atomic E-state index is 0.480. The van der Waals surface area contributed by atoms with Crippen LogP contribution in [-0.4, -0.2) is 26.3 Å². The maximum absolute atomic E-state index is 5.77. The maximum atomic E-state index is 5.77. The molecule has 0 radical (unpaired) electrons. The van der Waals surface area contributed by atoms with Crippen molar-refractivity contribution in [2.75, 3.05) is 20.3 Å². The summed E-state index contributed by atoms with van der Waals surface area (Å²) in [5.74, 6) is 2.55. The predicted molar refractivity (Wildman–Crippen MR) is 62.3 cm³/mol. The average Bonchev–Trinajstić information content (AvgIpc) is 2.38. The molecule has 0 unspecified atom stereocenters. The Morgan fingerprint density at radius 2 is 2.38 bits per heavy atom. The third-order valence-electron chi connectivity index (χ3n) is 3.62. The summed E-state index contributed by atoms with van der Waals surface area (Å²) in [7, 11) is 1.71. The summed E-state index contributed by atoms with van der Waals surface area (Å²) in [6.45, 7) is 1.91. The molecule has 0 aromatic heterocycles. The van der Waals surface area contributed by atoms with E-state index in [2.05, 4.69) is 11.4 Å². The van der Waals surface area contributed by atoms with Crippen LogP contribution in [0.15, 0.2) is 18.2 Å². The van der Waals surface area contributed by atoms with Gasteiger partial charge >= 0.3 is 0 Å². The number of fused-ring (bicyclic) bond motifs is 3. The zero-order chi connectivity index (χ0) is 11.0. The zero-order valence-corrected chi connectivity index (χ0v) is 9.53. The molecule has 0 saturated carbocycles. The van der Waals surface area contributed by atoms with Gasteiger partial charge in [0.1, 0.15) is 18.1 Å². The molecule has 3 nitrogen and oxygen atoms in total. The first-order valence-corrected chi connectivity index (χ1v) is 5.92. The molecule has 2 aliphatic rings. The van der Waals surface area contributed by atoms with E-state index in [0.717, 1.165) is 24.7 Å². The van der Waals surface area contributed by atoms with Crippen molar-refractivity contribution in [3.05, 3.63) is 23.8 Å². The number of piperidine rings is 1. The van der Waals surface area contributed by atoms with Crippen LogP contribution in [0.2, 0.25) is 0 Å². The number of ether oxygens (including phenoxy) is 2. The van der Waals surface area contributed by atoms with Gasteiger partial charge in [-0.25, -0.2) is 0 Å². The van der Waals surface area contributed by atoms with Gasteiger partial charge in [-0.05, 0) is 37.6 Å². The van der Waals surface area contributed by atoms with Crippen LogP contribution >= 0.6 is 0 Å². The Morgan fingerprint density at radius 1 is 1.44 bits per heavy atom. The van der Waals surface area contributed by atoms with Crippen LogP contribution in [0.25, 0.3) is 0 Å². The highest BCUT2D eigenvalue weighted by atomic mass is 16.5. The highest BCUT2D eigenvalue weighted by molar-refractivity contribution is 5.44. The number of benzene rings is 1. The molecular weight excluding hydrogens is 202 g/mol. The predicted octanol–water partition coefficient (Wildman–Crippen LogP) is 1.92. The first kappa shape index (κ1) is 9.97. The molecule has 3 rings (SSSR count). The van der Waals surface area contributed by atoms with E-state index < -0.39 is 0 Å². The smallest absolute Gasteiger partial charge is 0.123 e. The number of methoxy groups -OCH3 is 1. The summed E-state index contributed by atoms with van der Waals surface area (Å²) in [6.07, 6.45) is 2.50. The minimum absolute atomic E-state index is 0.480. The van der Waals surface area contributed by atoms with Crippen LogP contribution in [0.4, 0.5) is 0 Å². The van der Waals surface area contributed by atoms with Crippen LogP contribution in [0, 0.1) is 0 Å². The molecule has 1 aromatic rings. The van der Waals surface area contributed by atoms with E-state index in [-0.39, 0.29) is 0 Å². The van der Waals surface area contributed by atoms with Gasteiger partial charge in [-0.15, -0.1) is 0 Å². The number of hydrogen-bond acceptors (Lipinski definition) is 3. The van der Waals surface area contributed by atoms with Crippen molar-refractivity contribution >= 4 is 0 Å². The van der Waals surface area contributed by atoms with E-state index in [1.54, 1.807) is 7.11 Å². The van der Waals surface area contributed by atoms with Gasteiger partial charge in [0, 0.05) is 17.5 Å². The van der Waals surface area contributed by atoms with Crippen LogP contribution < -0.4 is 14.8 Å². The largest absolute Gasteiger partial charge is 0.497 e. The fraction of sp³-hybridized carbons (Fsp3) is 0.538. The third kappa shape index (κ3) is 1.55. The Kier molecular flexibility index (Phi) is 2.48. The molecule has 0 spiro atoms. The minimum Gasteiger partial charge on any atom is -0.497 e. The molecule has 1 aromatic carbocycles. The molecule has 0 amide bonds. The standard InChI is InChI=1S/C13H17NO2/c1-15-9-4-5-13-11(7-9)10-3-2-6-14-12(10)8-16-13/h4-5,7,10,12,14H,2-3,6,8H2,1H3/t10-,12+/m0/s1. The summed E-state index contributed by atoms with van der Waals surface area (Å²) < 4.78 is 11.1. The van der Waals surface area contributed by atoms with Gasteiger partial charge in [-0.2, -0.15) is 0 Å². The van der Waals surface area contributed by atoms with E-state index in [4.69, 9.17) is 9.47 Å². The Morgan fingerprint density at radius 3 is 3.25 bits per heavy atom. The lowest BCUT2D eigenvalue weighted by atomic mass is 9.83. The summed E-state index contributed by atoms with van der Waals surface area (Å²) in [5.41, 5.74) is 1.31. The Bertz CT molecular complexity index is 392. The Labute approximate surface area is 95.8 Å². The highest BCUT2D eigenvalue weighted by Crippen LogP contribution is 2.39. The van der Waals surface area contributed by atoms with Crippen molar-refractivity contribution in [2.45, 2.75) is 24.8 Å². The van der Waals surface area contributed by atoms with Crippen molar-refractivity contribution in [2.24, 2.45) is 0 Å². The summed E-state index contributed by atoms with van der Waals surface area (Å²) >= 11 is 0. The van der Waals surface area contributed by atoms with Crippen molar-refractivity contribution in [3.8, 4) is 11.5 Å². The zero-order valence-electron chi connectivity index (χ0n) is 9.53. The number of rotatable bonds is 1. The molecule has 3 heteroatoms. The van der Waals surface area contributed by atoms with E-state index in [9.17, 15) is 0 Å². The molecule has 2 heterocycles. The molecule has 2 atom stereocenters.